The molecule has 1 aliphatic carbocycles. The van der Waals surface area contributed by atoms with Crippen LogP contribution in [0.1, 0.15) is 36.6 Å². The van der Waals surface area contributed by atoms with E-state index in [1.54, 1.807) is 6.26 Å². The van der Waals surface area contributed by atoms with Gasteiger partial charge in [0.1, 0.15) is 5.76 Å². The largest absolute Gasteiger partial charge is 0.469 e. The number of hydrogen-bond acceptors (Lipinski definition) is 4. The predicted molar refractivity (Wildman–Crippen MR) is 69.9 cm³/mol. The highest BCUT2D eigenvalue weighted by Gasteiger charge is 2.21. The quantitative estimate of drug-likeness (QED) is 0.763. The van der Waals surface area contributed by atoms with Crippen LogP contribution in [0.3, 0.4) is 0 Å². The summed E-state index contributed by atoms with van der Waals surface area (Å²) >= 11 is 0. The molecule has 0 fully saturated rings. The summed E-state index contributed by atoms with van der Waals surface area (Å²) in [6.07, 6.45) is 6.99. The van der Waals surface area contributed by atoms with E-state index >= 15 is 0 Å². The number of fused-ring (bicyclic) bond motifs is 1. The van der Waals surface area contributed by atoms with Gasteiger partial charge in [-0.1, -0.05) is 0 Å². The molecule has 2 rings (SSSR count). The fraction of sp³-hybridized carbons (Fsp3) is 0.667. The number of aryl methyl sites for hydroxylation is 1. The van der Waals surface area contributed by atoms with Gasteiger partial charge in [-0.2, -0.15) is 0 Å². The van der Waals surface area contributed by atoms with Crippen molar-refractivity contribution < 1.29 is 12.8 Å². The van der Waals surface area contributed by atoms with Crippen LogP contribution in [0, 0.1) is 0 Å². The molecule has 0 amide bonds. The zero-order chi connectivity index (χ0) is 13.0. The third kappa shape index (κ3) is 3.83. The second kappa shape index (κ2) is 5.86. The van der Waals surface area contributed by atoms with Crippen molar-refractivity contribution in [3.05, 3.63) is 23.7 Å². The highest BCUT2D eigenvalue weighted by atomic mass is 32.2. The number of sulfonamides is 1. The zero-order valence-electron chi connectivity index (χ0n) is 10.6. The molecule has 1 aromatic heterocycles. The van der Waals surface area contributed by atoms with Crippen LogP contribution in [0.2, 0.25) is 0 Å². The minimum absolute atomic E-state index is 0.353. The van der Waals surface area contributed by atoms with E-state index in [0.29, 0.717) is 12.6 Å². The Labute approximate surface area is 108 Å². The topological polar surface area (TPSA) is 71.3 Å². The minimum Gasteiger partial charge on any atom is -0.469 e. The molecule has 5 nitrogen and oxygen atoms in total. The Kier molecular flexibility index (Phi) is 4.42. The molecule has 0 bridgehead atoms. The normalized spacial score (nSPS) is 19.7. The van der Waals surface area contributed by atoms with Gasteiger partial charge in [-0.25, -0.2) is 13.1 Å². The molecule has 1 aromatic rings. The molecule has 102 valence electrons. The van der Waals surface area contributed by atoms with Crippen LogP contribution in [0.15, 0.2) is 16.7 Å². The summed E-state index contributed by atoms with van der Waals surface area (Å²) < 4.78 is 29.7. The van der Waals surface area contributed by atoms with Gasteiger partial charge in [0.05, 0.1) is 12.5 Å². The van der Waals surface area contributed by atoms with E-state index in [1.165, 1.54) is 11.8 Å². The SMILES string of the molecule is CS(=O)(=O)NCCCNC1CCCc2occc21. The second-order valence-electron chi connectivity index (χ2n) is 4.72. The maximum atomic E-state index is 10.9. The number of nitrogens with one attached hydrogen (secondary N) is 2. The summed E-state index contributed by atoms with van der Waals surface area (Å²) in [6, 6.07) is 2.38. The minimum atomic E-state index is -3.06. The molecule has 0 radical (unpaired) electrons. The standard InChI is InChI=1S/C12H20N2O3S/c1-18(15,16)14-8-3-7-13-11-4-2-5-12-10(11)6-9-17-12/h6,9,11,13-14H,2-5,7-8H2,1H3. The van der Waals surface area contributed by atoms with Crippen LogP contribution in [0.5, 0.6) is 0 Å². The Hall–Kier alpha value is -0.850. The van der Waals surface area contributed by atoms with E-state index in [-0.39, 0.29) is 0 Å². The maximum absolute atomic E-state index is 10.9. The van der Waals surface area contributed by atoms with Gasteiger partial charge < -0.3 is 9.73 Å². The Morgan fingerprint density at radius 1 is 1.44 bits per heavy atom. The smallest absolute Gasteiger partial charge is 0.208 e. The lowest BCUT2D eigenvalue weighted by Crippen LogP contribution is -2.29. The monoisotopic (exact) mass is 272 g/mol. The van der Waals surface area contributed by atoms with Crippen LogP contribution in [-0.4, -0.2) is 27.8 Å². The van der Waals surface area contributed by atoms with Crippen molar-refractivity contribution in [3.8, 4) is 0 Å². The number of furan rings is 1. The second-order valence-corrected chi connectivity index (χ2v) is 6.55. The van der Waals surface area contributed by atoms with Crippen molar-refractivity contribution in [1.29, 1.82) is 0 Å². The third-order valence-electron chi connectivity index (χ3n) is 3.16. The van der Waals surface area contributed by atoms with Crippen LogP contribution >= 0.6 is 0 Å². The van der Waals surface area contributed by atoms with E-state index in [9.17, 15) is 8.42 Å². The van der Waals surface area contributed by atoms with Crippen molar-refractivity contribution in [2.75, 3.05) is 19.3 Å². The van der Waals surface area contributed by atoms with E-state index in [2.05, 4.69) is 10.0 Å². The Morgan fingerprint density at radius 2 is 2.28 bits per heavy atom. The lowest BCUT2D eigenvalue weighted by molar-refractivity contribution is 0.410. The molecule has 0 aliphatic heterocycles. The van der Waals surface area contributed by atoms with Crippen molar-refractivity contribution in [2.45, 2.75) is 31.7 Å². The van der Waals surface area contributed by atoms with Crippen molar-refractivity contribution in [2.24, 2.45) is 0 Å². The van der Waals surface area contributed by atoms with Gasteiger partial charge in [0, 0.05) is 24.6 Å². The highest BCUT2D eigenvalue weighted by Crippen LogP contribution is 2.30. The summed E-state index contributed by atoms with van der Waals surface area (Å²) in [7, 11) is -3.06. The molecule has 2 N–H and O–H groups in total. The van der Waals surface area contributed by atoms with Gasteiger partial charge in [-0.05, 0) is 31.9 Å². The van der Waals surface area contributed by atoms with Crippen LogP contribution < -0.4 is 10.0 Å². The molecule has 6 heteroatoms. The fourth-order valence-electron chi connectivity index (χ4n) is 2.32. The third-order valence-corrected chi connectivity index (χ3v) is 3.89. The Balaban J connectivity index is 1.72. The van der Waals surface area contributed by atoms with Crippen molar-refractivity contribution in [3.63, 3.8) is 0 Å². The zero-order valence-corrected chi connectivity index (χ0v) is 11.4. The first kappa shape index (κ1) is 13.6. The molecule has 0 spiro atoms. The summed E-state index contributed by atoms with van der Waals surface area (Å²) in [5, 5.41) is 3.46. The van der Waals surface area contributed by atoms with E-state index < -0.39 is 10.0 Å². The summed E-state index contributed by atoms with van der Waals surface area (Å²) in [5.74, 6) is 1.09. The molecular formula is C12H20N2O3S. The van der Waals surface area contributed by atoms with E-state index in [4.69, 9.17) is 4.42 Å². The summed E-state index contributed by atoms with van der Waals surface area (Å²) in [6.45, 7) is 1.29. The first-order valence-electron chi connectivity index (χ1n) is 6.30. The lowest BCUT2D eigenvalue weighted by atomic mass is 9.93. The molecule has 1 unspecified atom stereocenters. The van der Waals surface area contributed by atoms with Crippen LogP contribution in [0.25, 0.3) is 0 Å². The van der Waals surface area contributed by atoms with Gasteiger partial charge in [0.15, 0.2) is 0 Å². The first-order chi connectivity index (χ1) is 8.56. The van der Waals surface area contributed by atoms with Gasteiger partial charge in [0.2, 0.25) is 10.0 Å². The first-order valence-corrected chi connectivity index (χ1v) is 8.20. The average Bonchev–Trinajstić information content (AvgIpc) is 2.75. The molecule has 1 heterocycles. The lowest BCUT2D eigenvalue weighted by Gasteiger charge is -2.22. The van der Waals surface area contributed by atoms with E-state index in [0.717, 1.165) is 38.0 Å². The summed E-state index contributed by atoms with van der Waals surface area (Å²) in [4.78, 5) is 0. The average molecular weight is 272 g/mol. The molecular weight excluding hydrogens is 252 g/mol. The van der Waals surface area contributed by atoms with Gasteiger partial charge in [-0.3, -0.25) is 0 Å². The predicted octanol–water partition coefficient (Wildman–Crippen LogP) is 1.19. The molecule has 1 aliphatic rings. The summed E-state index contributed by atoms with van der Waals surface area (Å²) in [5.41, 5.74) is 1.26. The molecule has 18 heavy (non-hydrogen) atoms. The number of hydrogen-bond donors (Lipinski definition) is 2. The van der Waals surface area contributed by atoms with Gasteiger partial charge in [-0.15, -0.1) is 0 Å². The number of rotatable bonds is 6. The molecule has 0 aromatic carbocycles. The maximum Gasteiger partial charge on any atom is 0.208 e. The Bertz CT molecular complexity index is 481. The van der Waals surface area contributed by atoms with Crippen molar-refractivity contribution >= 4 is 10.0 Å². The van der Waals surface area contributed by atoms with E-state index in [1.807, 2.05) is 6.07 Å². The van der Waals surface area contributed by atoms with Gasteiger partial charge >= 0.3 is 0 Å². The Morgan fingerprint density at radius 3 is 3.06 bits per heavy atom. The molecule has 0 saturated heterocycles. The molecule has 1 atom stereocenters. The van der Waals surface area contributed by atoms with Crippen LogP contribution in [-0.2, 0) is 16.4 Å². The fourth-order valence-corrected chi connectivity index (χ4v) is 2.84. The van der Waals surface area contributed by atoms with Gasteiger partial charge in [0.25, 0.3) is 0 Å². The van der Waals surface area contributed by atoms with Crippen molar-refractivity contribution in [1.82, 2.24) is 10.0 Å². The highest BCUT2D eigenvalue weighted by molar-refractivity contribution is 7.88. The van der Waals surface area contributed by atoms with Crippen LogP contribution in [0.4, 0.5) is 0 Å². The molecule has 0 saturated carbocycles.